The Labute approximate surface area is 110 Å². The van der Waals surface area contributed by atoms with E-state index >= 15 is 0 Å². The molecule has 19 heavy (non-hydrogen) atoms. The fraction of sp³-hybridized carbons (Fsp3) is 0.308. The lowest BCUT2D eigenvalue weighted by atomic mass is 10.3. The third-order valence-electron chi connectivity index (χ3n) is 3.00. The van der Waals surface area contributed by atoms with Crippen LogP contribution in [-0.2, 0) is 0 Å². The van der Waals surface area contributed by atoms with E-state index in [0.29, 0.717) is 24.7 Å². The molecule has 3 rings (SSSR count). The van der Waals surface area contributed by atoms with Crippen molar-refractivity contribution in [2.45, 2.75) is 12.5 Å². The van der Waals surface area contributed by atoms with Gasteiger partial charge in [-0.05, 0) is 18.2 Å². The molecule has 0 bridgehead atoms. The molecule has 1 fully saturated rings. The maximum Gasteiger partial charge on any atom is 0.289 e. The fourth-order valence-corrected chi connectivity index (χ4v) is 2.09. The molecule has 98 valence electrons. The first kappa shape index (κ1) is 11.7. The van der Waals surface area contributed by atoms with Gasteiger partial charge in [-0.1, -0.05) is 0 Å². The van der Waals surface area contributed by atoms with E-state index in [1.165, 1.54) is 6.26 Å². The molecule has 0 aliphatic carbocycles. The highest BCUT2D eigenvalue weighted by Gasteiger charge is 2.29. The Hall–Kier alpha value is -2.37. The summed E-state index contributed by atoms with van der Waals surface area (Å²) in [6.45, 7) is 1.20. The van der Waals surface area contributed by atoms with Gasteiger partial charge in [0.25, 0.3) is 5.91 Å². The number of nitrogens with zero attached hydrogens (tertiary/aromatic N) is 3. The fourth-order valence-electron chi connectivity index (χ4n) is 2.09. The number of hydrogen-bond acceptors (Lipinski definition) is 5. The molecule has 6 nitrogen and oxygen atoms in total. The van der Waals surface area contributed by atoms with Crippen molar-refractivity contribution < 1.29 is 13.9 Å². The molecular weight excluding hydrogens is 246 g/mol. The largest absolute Gasteiger partial charge is 0.471 e. The smallest absolute Gasteiger partial charge is 0.289 e. The molecule has 0 radical (unpaired) electrons. The summed E-state index contributed by atoms with van der Waals surface area (Å²) in [6.07, 6.45) is 3.82. The molecule has 1 saturated heterocycles. The second-order valence-corrected chi connectivity index (χ2v) is 4.32. The normalized spacial score (nSPS) is 18.5. The zero-order chi connectivity index (χ0) is 13.1. The maximum absolute atomic E-state index is 12.1. The molecule has 2 aromatic rings. The van der Waals surface area contributed by atoms with Crippen LogP contribution in [0.2, 0.25) is 0 Å². The summed E-state index contributed by atoms with van der Waals surface area (Å²) in [4.78, 5) is 13.8. The number of carbonyl (C=O) groups is 1. The molecule has 0 unspecified atom stereocenters. The Morgan fingerprint density at radius 2 is 2.37 bits per heavy atom. The van der Waals surface area contributed by atoms with Gasteiger partial charge < -0.3 is 14.1 Å². The molecule has 1 aliphatic heterocycles. The molecule has 6 heteroatoms. The van der Waals surface area contributed by atoms with Crippen molar-refractivity contribution >= 4 is 5.91 Å². The first-order chi connectivity index (χ1) is 9.33. The second kappa shape index (κ2) is 5.09. The van der Waals surface area contributed by atoms with Crippen LogP contribution >= 0.6 is 0 Å². The third-order valence-corrected chi connectivity index (χ3v) is 3.00. The maximum atomic E-state index is 12.1. The van der Waals surface area contributed by atoms with Crippen LogP contribution in [0.5, 0.6) is 5.88 Å². The Morgan fingerprint density at radius 1 is 1.42 bits per heavy atom. The molecular formula is C13H13N3O3. The summed E-state index contributed by atoms with van der Waals surface area (Å²) in [7, 11) is 0. The van der Waals surface area contributed by atoms with Gasteiger partial charge >= 0.3 is 0 Å². The molecule has 0 N–H and O–H groups in total. The van der Waals surface area contributed by atoms with E-state index in [-0.39, 0.29) is 12.0 Å². The van der Waals surface area contributed by atoms with Gasteiger partial charge in [0, 0.05) is 25.2 Å². The van der Waals surface area contributed by atoms with Gasteiger partial charge in [0.15, 0.2) is 5.76 Å². The molecule has 0 aromatic carbocycles. The molecule has 0 spiro atoms. The Bertz CT molecular complexity index is 542. The topological polar surface area (TPSA) is 68.5 Å². The molecule has 2 aromatic heterocycles. The Kier molecular flexibility index (Phi) is 3.14. The Morgan fingerprint density at radius 3 is 3.11 bits per heavy atom. The average Bonchev–Trinajstić information content (AvgIpc) is 3.10. The van der Waals surface area contributed by atoms with E-state index in [1.54, 1.807) is 35.4 Å². The number of furan rings is 1. The summed E-state index contributed by atoms with van der Waals surface area (Å²) >= 11 is 0. The highest BCUT2D eigenvalue weighted by molar-refractivity contribution is 5.91. The summed E-state index contributed by atoms with van der Waals surface area (Å²) < 4.78 is 10.8. The van der Waals surface area contributed by atoms with Crippen molar-refractivity contribution in [2.75, 3.05) is 13.1 Å². The number of carbonyl (C=O) groups excluding carboxylic acids is 1. The number of aromatic nitrogens is 2. The molecule has 1 aliphatic rings. The van der Waals surface area contributed by atoms with Crippen LogP contribution in [0.15, 0.2) is 41.1 Å². The van der Waals surface area contributed by atoms with Crippen LogP contribution in [0, 0.1) is 0 Å². The van der Waals surface area contributed by atoms with E-state index < -0.39 is 0 Å². The van der Waals surface area contributed by atoms with Crippen molar-refractivity contribution in [1.82, 2.24) is 15.1 Å². The van der Waals surface area contributed by atoms with Crippen LogP contribution in [0.25, 0.3) is 0 Å². The summed E-state index contributed by atoms with van der Waals surface area (Å²) in [5, 5.41) is 7.62. The van der Waals surface area contributed by atoms with E-state index in [9.17, 15) is 4.79 Å². The second-order valence-electron chi connectivity index (χ2n) is 4.32. The molecule has 0 saturated carbocycles. The zero-order valence-electron chi connectivity index (χ0n) is 10.2. The number of amides is 1. The first-order valence-corrected chi connectivity index (χ1v) is 6.10. The third kappa shape index (κ3) is 2.57. The number of ether oxygens (including phenoxy) is 1. The Balaban J connectivity index is 1.60. The average molecular weight is 259 g/mol. The lowest BCUT2D eigenvalue weighted by molar-refractivity contribution is 0.0739. The monoisotopic (exact) mass is 259 g/mol. The zero-order valence-corrected chi connectivity index (χ0v) is 10.2. The first-order valence-electron chi connectivity index (χ1n) is 6.10. The number of hydrogen-bond donors (Lipinski definition) is 0. The molecule has 1 atom stereocenters. The van der Waals surface area contributed by atoms with Gasteiger partial charge in [0.1, 0.15) is 6.10 Å². The van der Waals surface area contributed by atoms with Crippen molar-refractivity contribution in [2.24, 2.45) is 0 Å². The number of rotatable bonds is 3. The van der Waals surface area contributed by atoms with Gasteiger partial charge in [-0.3, -0.25) is 4.79 Å². The van der Waals surface area contributed by atoms with E-state index in [2.05, 4.69) is 10.2 Å². The minimum absolute atomic E-state index is 0.0457. The predicted molar refractivity (Wildman–Crippen MR) is 65.7 cm³/mol. The molecule has 3 heterocycles. The van der Waals surface area contributed by atoms with Gasteiger partial charge in [0.2, 0.25) is 5.88 Å². The van der Waals surface area contributed by atoms with E-state index in [4.69, 9.17) is 9.15 Å². The minimum atomic E-state index is -0.102. The van der Waals surface area contributed by atoms with Crippen molar-refractivity contribution in [1.29, 1.82) is 0 Å². The minimum Gasteiger partial charge on any atom is -0.471 e. The predicted octanol–water partition coefficient (Wildman–Crippen LogP) is 1.36. The highest BCUT2D eigenvalue weighted by atomic mass is 16.5. The van der Waals surface area contributed by atoms with Gasteiger partial charge in [-0.25, -0.2) is 0 Å². The summed E-state index contributed by atoms with van der Waals surface area (Å²) in [5.74, 6) is 0.746. The standard InChI is InChI=1S/C13H13N3O3/c17-13(11-3-2-8-18-11)16-7-5-10(9-16)19-12-4-1-6-14-15-12/h1-4,6,8,10H,5,7,9H2/t10-/m0/s1. The van der Waals surface area contributed by atoms with Gasteiger partial charge in [0.05, 0.1) is 12.8 Å². The quantitative estimate of drug-likeness (QED) is 0.832. The van der Waals surface area contributed by atoms with Gasteiger partial charge in [-0.2, -0.15) is 5.10 Å². The van der Waals surface area contributed by atoms with Crippen LogP contribution in [0.3, 0.4) is 0 Å². The lowest BCUT2D eigenvalue weighted by Crippen LogP contribution is -2.30. The number of likely N-dealkylation sites (tertiary alicyclic amines) is 1. The van der Waals surface area contributed by atoms with E-state index in [0.717, 1.165) is 6.42 Å². The van der Waals surface area contributed by atoms with Crippen molar-refractivity contribution in [3.05, 3.63) is 42.5 Å². The summed E-state index contributed by atoms with van der Waals surface area (Å²) in [5.41, 5.74) is 0. The summed E-state index contributed by atoms with van der Waals surface area (Å²) in [6, 6.07) is 6.89. The van der Waals surface area contributed by atoms with Crippen LogP contribution in [-0.4, -0.2) is 40.2 Å². The lowest BCUT2D eigenvalue weighted by Gasteiger charge is -2.15. The highest BCUT2D eigenvalue weighted by Crippen LogP contribution is 2.18. The van der Waals surface area contributed by atoms with Crippen LogP contribution in [0.4, 0.5) is 0 Å². The molecule has 1 amide bonds. The van der Waals surface area contributed by atoms with Crippen LogP contribution < -0.4 is 4.74 Å². The van der Waals surface area contributed by atoms with Crippen molar-refractivity contribution in [3.8, 4) is 5.88 Å². The van der Waals surface area contributed by atoms with E-state index in [1.807, 2.05) is 0 Å². The van der Waals surface area contributed by atoms with Crippen molar-refractivity contribution in [3.63, 3.8) is 0 Å². The SMILES string of the molecule is O=C(c1ccco1)N1CC[C@H](Oc2cccnn2)C1. The van der Waals surface area contributed by atoms with Gasteiger partial charge in [-0.15, -0.1) is 5.10 Å². The van der Waals surface area contributed by atoms with Crippen LogP contribution in [0.1, 0.15) is 17.0 Å².